The quantitative estimate of drug-likeness (QED) is 0.921. The minimum Gasteiger partial charge on any atom is -0.377 e. The van der Waals surface area contributed by atoms with Crippen molar-refractivity contribution in [2.45, 2.75) is 17.9 Å². The van der Waals surface area contributed by atoms with Crippen LogP contribution in [0.25, 0.3) is 0 Å². The van der Waals surface area contributed by atoms with Crippen LogP contribution in [0.4, 0.5) is 10.1 Å². The van der Waals surface area contributed by atoms with Crippen LogP contribution in [-0.2, 0) is 9.84 Å². The molecule has 0 aliphatic rings. The maximum atomic E-state index is 13.7. The highest BCUT2D eigenvalue weighted by atomic mass is 35.5. The third-order valence-corrected chi connectivity index (χ3v) is 4.55. The maximum Gasteiger partial charge on any atom is 0.175 e. The SMILES string of the molecule is CC(Nc1cc(S(C)(=O)=O)ccc1Cl)c1ccccc1F. The summed E-state index contributed by atoms with van der Waals surface area (Å²) in [4.78, 5) is 0.162. The Morgan fingerprint density at radius 2 is 1.86 bits per heavy atom. The number of anilines is 1. The standard InChI is InChI=1S/C15H15ClFNO2S/c1-10(12-5-3-4-6-14(12)17)18-15-9-11(21(2,19)20)7-8-13(15)16/h3-10,18H,1-2H3. The van der Waals surface area contributed by atoms with Crippen LogP contribution in [0.1, 0.15) is 18.5 Å². The van der Waals surface area contributed by atoms with Gasteiger partial charge in [0.15, 0.2) is 9.84 Å². The molecule has 3 nitrogen and oxygen atoms in total. The Kier molecular flexibility index (Phi) is 4.54. The lowest BCUT2D eigenvalue weighted by atomic mass is 10.1. The van der Waals surface area contributed by atoms with Crippen LogP contribution in [-0.4, -0.2) is 14.7 Å². The van der Waals surface area contributed by atoms with Gasteiger partial charge < -0.3 is 5.32 Å². The van der Waals surface area contributed by atoms with E-state index in [1.807, 2.05) is 0 Å². The normalized spacial score (nSPS) is 13.0. The van der Waals surface area contributed by atoms with Crippen LogP contribution < -0.4 is 5.32 Å². The monoisotopic (exact) mass is 327 g/mol. The van der Waals surface area contributed by atoms with Crippen LogP contribution in [0.5, 0.6) is 0 Å². The number of hydrogen-bond acceptors (Lipinski definition) is 3. The molecule has 0 bridgehead atoms. The fraction of sp³-hybridized carbons (Fsp3) is 0.200. The first-order valence-corrected chi connectivity index (χ1v) is 8.56. The third kappa shape index (κ3) is 3.74. The summed E-state index contributed by atoms with van der Waals surface area (Å²) >= 11 is 6.07. The van der Waals surface area contributed by atoms with Gasteiger partial charge in [-0.15, -0.1) is 0 Å². The molecule has 0 saturated heterocycles. The molecule has 6 heteroatoms. The first kappa shape index (κ1) is 15.8. The van der Waals surface area contributed by atoms with Gasteiger partial charge in [0.2, 0.25) is 0 Å². The molecule has 1 atom stereocenters. The van der Waals surface area contributed by atoms with E-state index in [2.05, 4.69) is 5.32 Å². The predicted molar refractivity (Wildman–Crippen MR) is 83.0 cm³/mol. The van der Waals surface area contributed by atoms with E-state index >= 15 is 0 Å². The summed E-state index contributed by atoms with van der Waals surface area (Å²) in [5.74, 6) is -0.326. The maximum absolute atomic E-state index is 13.7. The molecule has 2 aromatic rings. The summed E-state index contributed by atoms with van der Waals surface area (Å²) in [5.41, 5.74) is 0.939. The van der Waals surface area contributed by atoms with Crippen molar-refractivity contribution in [2.24, 2.45) is 0 Å². The second-order valence-corrected chi connectivity index (χ2v) is 7.22. The van der Waals surface area contributed by atoms with Crippen LogP contribution in [0.15, 0.2) is 47.4 Å². The van der Waals surface area contributed by atoms with Gasteiger partial charge in [0.25, 0.3) is 0 Å². The molecule has 0 amide bonds. The van der Waals surface area contributed by atoms with Gasteiger partial charge in [-0.05, 0) is 31.2 Å². The van der Waals surface area contributed by atoms with E-state index in [1.165, 1.54) is 24.3 Å². The largest absolute Gasteiger partial charge is 0.377 e. The second-order valence-electron chi connectivity index (χ2n) is 4.80. The lowest BCUT2D eigenvalue weighted by Crippen LogP contribution is -2.09. The Morgan fingerprint density at radius 1 is 1.19 bits per heavy atom. The molecule has 1 unspecified atom stereocenters. The van der Waals surface area contributed by atoms with E-state index in [1.54, 1.807) is 25.1 Å². The van der Waals surface area contributed by atoms with Crippen molar-refractivity contribution in [3.63, 3.8) is 0 Å². The van der Waals surface area contributed by atoms with Crippen molar-refractivity contribution in [1.82, 2.24) is 0 Å². The number of rotatable bonds is 4. The zero-order chi connectivity index (χ0) is 15.6. The lowest BCUT2D eigenvalue weighted by Gasteiger charge is -2.18. The summed E-state index contributed by atoms with van der Waals surface area (Å²) in [6.07, 6.45) is 1.13. The molecule has 0 radical (unpaired) electrons. The van der Waals surface area contributed by atoms with Crippen molar-refractivity contribution >= 4 is 27.1 Å². The molecule has 0 saturated carbocycles. The zero-order valence-corrected chi connectivity index (χ0v) is 13.2. The molecule has 2 rings (SSSR count). The Labute approximate surface area is 128 Å². The molecule has 0 fully saturated rings. The number of hydrogen-bond donors (Lipinski definition) is 1. The first-order valence-electron chi connectivity index (χ1n) is 6.29. The molecule has 0 aliphatic heterocycles. The summed E-state index contributed by atoms with van der Waals surface area (Å²) < 4.78 is 36.9. The van der Waals surface area contributed by atoms with E-state index in [0.29, 0.717) is 16.3 Å². The molecule has 2 aromatic carbocycles. The average Bonchev–Trinajstić information content (AvgIpc) is 2.40. The molecular formula is C15H15ClFNO2S. The number of benzene rings is 2. The van der Waals surface area contributed by atoms with Gasteiger partial charge >= 0.3 is 0 Å². The summed E-state index contributed by atoms with van der Waals surface area (Å²) in [5, 5.41) is 3.42. The van der Waals surface area contributed by atoms with E-state index in [-0.39, 0.29) is 16.8 Å². The Bertz CT molecular complexity index is 762. The lowest BCUT2D eigenvalue weighted by molar-refractivity contribution is 0.599. The van der Waals surface area contributed by atoms with E-state index in [0.717, 1.165) is 6.26 Å². The van der Waals surface area contributed by atoms with Crippen LogP contribution >= 0.6 is 11.6 Å². The molecule has 0 heterocycles. The van der Waals surface area contributed by atoms with Crippen LogP contribution in [0, 0.1) is 5.82 Å². The number of sulfone groups is 1. The third-order valence-electron chi connectivity index (χ3n) is 3.11. The van der Waals surface area contributed by atoms with E-state index in [9.17, 15) is 12.8 Å². The van der Waals surface area contributed by atoms with Crippen molar-refractivity contribution in [1.29, 1.82) is 0 Å². The summed E-state index contributed by atoms with van der Waals surface area (Å²) in [6, 6.07) is 10.5. The average molecular weight is 328 g/mol. The minimum atomic E-state index is -3.32. The Morgan fingerprint density at radius 3 is 2.48 bits per heavy atom. The highest BCUT2D eigenvalue weighted by molar-refractivity contribution is 7.90. The van der Waals surface area contributed by atoms with Gasteiger partial charge in [-0.25, -0.2) is 12.8 Å². The van der Waals surface area contributed by atoms with Crippen molar-refractivity contribution in [3.8, 4) is 0 Å². The molecule has 0 aliphatic carbocycles. The summed E-state index contributed by atoms with van der Waals surface area (Å²) in [6.45, 7) is 1.78. The van der Waals surface area contributed by atoms with E-state index < -0.39 is 9.84 Å². The van der Waals surface area contributed by atoms with Gasteiger partial charge in [0, 0.05) is 11.8 Å². The minimum absolute atomic E-state index is 0.162. The van der Waals surface area contributed by atoms with Crippen molar-refractivity contribution in [2.75, 3.05) is 11.6 Å². The molecule has 21 heavy (non-hydrogen) atoms. The van der Waals surface area contributed by atoms with Crippen LogP contribution in [0.2, 0.25) is 5.02 Å². The molecule has 1 N–H and O–H groups in total. The fourth-order valence-corrected chi connectivity index (χ4v) is 2.80. The van der Waals surface area contributed by atoms with Crippen LogP contribution in [0.3, 0.4) is 0 Å². The van der Waals surface area contributed by atoms with Gasteiger partial charge in [0.05, 0.1) is 21.6 Å². The smallest absolute Gasteiger partial charge is 0.175 e. The van der Waals surface area contributed by atoms with E-state index in [4.69, 9.17) is 11.6 Å². The van der Waals surface area contributed by atoms with Gasteiger partial charge in [-0.1, -0.05) is 29.8 Å². The molecule has 0 aromatic heterocycles. The predicted octanol–water partition coefficient (Wildman–Crippen LogP) is 4.06. The first-order chi connectivity index (χ1) is 9.79. The second kappa shape index (κ2) is 6.03. The fourth-order valence-electron chi connectivity index (χ4n) is 1.98. The number of halogens is 2. The highest BCUT2D eigenvalue weighted by Crippen LogP contribution is 2.29. The van der Waals surface area contributed by atoms with Gasteiger partial charge in [0.1, 0.15) is 5.82 Å². The van der Waals surface area contributed by atoms with Crippen molar-refractivity contribution in [3.05, 3.63) is 58.9 Å². The highest BCUT2D eigenvalue weighted by Gasteiger charge is 2.14. The van der Waals surface area contributed by atoms with Gasteiger partial charge in [-0.3, -0.25) is 0 Å². The topological polar surface area (TPSA) is 46.2 Å². The zero-order valence-electron chi connectivity index (χ0n) is 11.6. The molecule has 0 spiro atoms. The molecule has 112 valence electrons. The van der Waals surface area contributed by atoms with Gasteiger partial charge in [-0.2, -0.15) is 0 Å². The Hall–Kier alpha value is -1.59. The molecular weight excluding hydrogens is 313 g/mol. The summed E-state index contributed by atoms with van der Waals surface area (Å²) in [7, 11) is -3.32. The Balaban J connectivity index is 2.33. The van der Waals surface area contributed by atoms with Crippen molar-refractivity contribution < 1.29 is 12.8 Å². The number of nitrogens with one attached hydrogen (secondary N) is 1.